The molecule has 106 valence electrons. The molecule has 0 bridgehead atoms. The number of nitro groups is 1. The summed E-state index contributed by atoms with van der Waals surface area (Å²) in [4.78, 5) is 10.1. The number of nitro benzene ring substituents is 1. The minimum absolute atomic E-state index is 0.150. The fraction of sp³-hybridized carbons (Fsp3) is 0.133. The summed E-state index contributed by atoms with van der Waals surface area (Å²) in [6, 6.07) is 10.6. The zero-order chi connectivity index (χ0) is 15.4. The molecule has 2 rings (SSSR count). The number of non-ortho nitro benzene ring substituents is 1. The molecule has 0 saturated carbocycles. The Kier molecular flexibility index (Phi) is 4.14. The maximum atomic E-state index is 13.6. The van der Waals surface area contributed by atoms with E-state index in [2.05, 4.69) is 5.32 Å². The van der Waals surface area contributed by atoms with E-state index in [1.165, 1.54) is 24.3 Å². The third kappa shape index (κ3) is 3.34. The Hall–Kier alpha value is -2.94. The lowest BCUT2D eigenvalue weighted by Gasteiger charge is -2.09. The second-order valence-corrected chi connectivity index (χ2v) is 4.55. The van der Waals surface area contributed by atoms with E-state index in [0.717, 1.165) is 5.56 Å². The smallest absolute Gasteiger partial charge is 0.270 e. The highest BCUT2D eigenvalue weighted by Crippen LogP contribution is 2.22. The molecule has 0 aliphatic rings. The van der Waals surface area contributed by atoms with E-state index < -0.39 is 4.92 Å². The van der Waals surface area contributed by atoms with Gasteiger partial charge in [-0.1, -0.05) is 17.7 Å². The van der Waals surface area contributed by atoms with Gasteiger partial charge in [0.25, 0.3) is 5.69 Å². The molecular weight excluding hydrogens is 273 g/mol. The molecule has 5 nitrogen and oxygen atoms in total. The lowest BCUT2D eigenvalue weighted by molar-refractivity contribution is -0.384. The van der Waals surface area contributed by atoms with E-state index in [0.29, 0.717) is 11.3 Å². The third-order valence-electron chi connectivity index (χ3n) is 3.00. The van der Waals surface area contributed by atoms with Crippen LogP contribution >= 0.6 is 0 Å². The van der Waals surface area contributed by atoms with Crippen LogP contribution in [0.2, 0.25) is 0 Å². The van der Waals surface area contributed by atoms with Crippen LogP contribution in [-0.2, 0) is 6.54 Å². The first-order valence-corrected chi connectivity index (χ1v) is 6.18. The zero-order valence-electron chi connectivity index (χ0n) is 11.3. The van der Waals surface area contributed by atoms with Crippen LogP contribution in [0.5, 0.6) is 0 Å². The SMILES string of the molecule is Cc1ccc(F)c(CNc2ccc([N+](=O)[O-])cc2C#N)c1. The monoisotopic (exact) mass is 285 g/mol. The number of benzene rings is 2. The highest BCUT2D eigenvalue weighted by molar-refractivity contribution is 5.61. The Morgan fingerprint density at radius 3 is 2.76 bits per heavy atom. The van der Waals surface area contributed by atoms with E-state index in [1.807, 2.05) is 13.0 Å². The molecule has 2 aromatic carbocycles. The summed E-state index contributed by atoms with van der Waals surface area (Å²) in [5.74, 6) is -0.339. The van der Waals surface area contributed by atoms with Gasteiger partial charge in [0.15, 0.2) is 0 Å². The van der Waals surface area contributed by atoms with Gasteiger partial charge in [-0.05, 0) is 19.1 Å². The molecule has 2 aromatic rings. The molecule has 0 unspecified atom stereocenters. The minimum Gasteiger partial charge on any atom is -0.380 e. The van der Waals surface area contributed by atoms with Crippen LogP contribution in [0, 0.1) is 34.2 Å². The quantitative estimate of drug-likeness (QED) is 0.688. The molecule has 0 spiro atoms. The number of nitrogens with zero attached hydrogens (tertiary/aromatic N) is 2. The molecule has 1 N–H and O–H groups in total. The van der Waals surface area contributed by atoms with Crippen molar-refractivity contribution < 1.29 is 9.31 Å². The van der Waals surface area contributed by atoms with E-state index in [-0.39, 0.29) is 23.6 Å². The Morgan fingerprint density at radius 2 is 2.10 bits per heavy atom. The van der Waals surface area contributed by atoms with Crippen molar-refractivity contribution in [3.63, 3.8) is 0 Å². The van der Waals surface area contributed by atoms with Crippen LogP contribution in [-0.4, -0.2) is 4.92 Å². The fourth-order valence-electron chi connectivity index (χ4n) is 1.92. The van der Waals surface area contributed by atoms with Crippen LogP contribution in [0.25, 0.3) is 0 Å². The van der Waals surface area contributed by atoms with Gasteiger partial charge in [0, 0.05) is 24.2 Å². The summed E-state index contributed by atoms with van der Waals surface area (Å²) in [5, 5.41) is 22.6. The van der Waals surface area contributed by atoms with Crippen LogP contribution in [0.15, 0.2) is 36.4 Å². The van der Waals surface area contributed by atoms with Crippen molar-refractivity contribution in [1.29, 1.82) is 5.26 Å². The van der Waals surface area contributed by atoms with Gasteiger partial charge in [0.05, 0.1) is 16.2 Å². The van der Waals surface area contributed by atoms with Crippen molar-refractivity contribution in [2.45, 2.75) is 13.5 Å². The molecule has 0 atom stereocenters. The first-order chi connectivity index (χ1) is 10.0. The number of nitriles is 1. The van der Waals surface area contributed by atoms with Crippen molar-refractivity contribution in [1.82, 2.24) is 0 Å². The molecular formula is C15H12FN3O2. The Morgan fingerprint density at radius 1 is 1.33 bits per heavy atom. The van der Waals surface area contributed by atoms with Gasteiger partial charge >= 0.3 is 0 Å². The van der Waals surface area contributed by atoms with Crippen LogP contribution in [0.3, 0.4) is 0 Å². The Balaban J connectivity index is 2.22. The summed E-state index contributed by atoms with van der Waals surface area (Å²) in [5.41, 5.74) is 1.83. The maximum absolute atomic E-state index is 13.6. The highest BCUT2D eigenvalue weighted by atomic mass is 19.1. The maximum Gasteiger partial charge on any atom is 0.270 e. The van der Waals surface area contributed by atoms with E-state index >= 15 is 0 Å². The highest BCUT2D eigenvalue weighted by Gasteiger charge is 2.11. The van der Waals surface area contributed by atoms with Crippen molar-refractivity contribution >= 4 is 11.4 Å². The summed E-state index contributed by atoms with van der Waals surface area (Å²) >= 11 is 0. The molecule has 0 saturated heterocycles. The number of rotatable bonds is 4. The molecule has 21 heavy (non-hydrogen) atoms. The van der Waals surface area contributed by atoms with Gasteiger partial charge in [0.1, 0.15) is 11.9 Å². The number of hydrogen-bond donors (Lipinski definition) is 1. The molecule has 0 aromatic heterocycles. The van der Waals surface area contributed by atoms with E-state index in [1.54, 1.807) is 12.1 Å². The first kappa shape index (κ1) is 14.5. The second kappa shape index (κ2) is 6.01. The van der Waals surface area contributed by atoms with Gasteiger partial charge in [0.2, 0.25) is 0 Å². The van der Waals surface area contributed by atoms with Crippen molar-refractivity contribution in [3.05, 3.63) is 69.0 Å². The number of aryl methyl sites for hydroxylation is 1. The summed E-state index contributed by atoms with van der Waals surface area (Å²) in [6.07, 6.45) is 0. The van der Waals surface area contributed by atoms with Crippen molar-refractivity contribution in [2.24, 2.45) is 0 Å². The lowest BCUT2D eigenvalue weighted by Crippen LogP contribution is -2.04. The molecule has 0 aliphatic heterocycles. The number of nitrogens with one attached hydrogen (secondary N) is 1. The summed E-state index contributed by atoms with van der Waals surface area (Å²) < 4.78 is 13.6. The standard InChI is InChI=1S/C15H12FN3O2/c1-10-2-4-14(16)12(6-10)9-18-15-5-3-13(19(20)21)7-11(15)8-17/h2-7,18H,9H2,1H3. The Bertz CT molecular complexity index is 738. The lowest BCUT2D eigenvalue weighted by atomic mass is 10.1. The van der Waals surface area contributed by atoms with Gasteiger partial charge in [-0.2, -0.15) is 5.26 Å². The fourth-order valence-corrected chi connectivity index (χ4v) is 1.92. The molecule has 0 fully saturated rings. The van der Waals surface area contributed by atoms with Crippen molar-refractivity contribution in [2.75, 3.05) is 5.32 Å². The molecule has 0 heterocycles. The third-order valence-corrected chi connectivity index (χ3v) is 3.00. The van der Waals surface area contributed by atoms with E-state index in [4.69, 9.17) is 5.26 Å². The number of halogens is 1. The molecule has 0 radical (unpaired) electrons. The average Bonchev–Trinajstić information content (AvgIpc) is 2.47. The van der Waals surface area contributed by atoms with Gasteiger partial charge in [-0.3, -0.25) is 10.1 Å². The average molecular weight is 285 g/mol. The topological polar surface area (TPSA) is 79.0 Å². The number of anilines is 1. The van der Waals surface area contributed by atoms with Gasteiger partial charge in [-0.25, -0.2) is 4.39 Å². The minimum atomic E-state index is -0.565. The first-order valence-electron chi connectivity index (χ1n) is 6.18. The molecule has 0 amide bonds. The van der Waals surface area contributed by atoms with E-state index in [9.17, 15) is 14.5 Å². The van der Waals surface area contributed by atoms with Crippen molar-refractivity contribution in [3.8, 4) is 6.07 Å². The predicted octanol–water partition coefficient (Wildman–Crippen LogP) is 3.53. The largest absolute Gasteiger partial charge is 0.380 e. The zero-order valence-corrected chi connectivity index (χ0v) is 11.3. The summed E-state index contributed by atoms with van der Waals surface area (Å²) in [7, 11) is 0. The van der Waals surface area contributed by atoms with Crippen LogP contribution in [0.4, 0.5) is 15.8 Å². The van der Waals surface area contributed by atoms with Crippen LogP contribution < -0.4 is 5.32 Å². The Labute approximate surface area is 120 Å². The van der Waals surface area contributed by atoms with Gasteiger partial charge < -0.3 is 5.32 Å². The normalized spacial score (nSPS) is 9.95. The second-order valence-electron chi connectivity index (χ2n) is 4.55. The summed E-state index contributed by atoms with van der Waals surface area (Å²) in [6.45, 7) is 2.05. The number of hydrogen-bond acceptors (Lipinski definition) is 4. The van der Waals surface area contributed by atoms with Gasteiger partial charge in [-0.15, -0.1) is 0 Å². The predicted molar refractivity (Wildman–Crippen MR) is 76.3 cm³/mol. The molecule has 0 aliphatic carbocycles. The molecule has 6 heteroatoms. The van der Waals surface area contributed by atoms with Crippen LogP contribution in [0.1, 0.15) is 16.7 Å².